The monoisotopic (exact) mass is 1690 g/mol. The minimum Gasteiger partial charge on any atom is -0.461 e. The van der Waals surface area contributed by atoms with Gasteiger partial charge in [0.05, 0.1) is 23.7 Å². The third-order valence-electron chi connectivity index (χ3n) is 19.0. The first-order valence-corrected chi connectivity index (χ1v) is 45.4. The van der Waals surface area contributed by atoms with E-state index >= 15 is 0 Å². The highest BCUT2D eigenvalue weighted by atomic mass is 16.6. The molecule has 0 unspecified atom stereocenters. The second-order valence-corrected chi connectivity index (χ2v) is 38.0. The first kappa shape index (κ1) is 118. The minimum atomic E-state index is -0.346. The SMILES string of the molecule is C=CCCC(C)C.C=CCOC(=O)C(C)C.CC(=O)C(C)C.CC(C)C.CC(C)C(=O)OC(C)(C)C.CC(C)C(=O)OC1c2ccccc2-c2ccccc21.CC(C)C(=O)OCc1ccccc1.CC(C)C(C)(C)C.CC(C)C(c1ccccc1)(c1ccccc1)c1ccccc1.CC(C)Cc1ccccc1.CCC(C)C.Cc1ccc(CC(C)C)cc1. The fourth-order valence-corrected chi connectivity index (χ4v) is 10.4. The van der Waals surface area contributed by atoms with Crippen LogP contribution in [0.2, 0.25) is 0 Å². The summed E-state index contributed by atoms with van der Waals surface area (Å²) in [5, 5.41) is 0. The van der Waals surface area contributed by atoms with Crippen LogP contribution in [0.5, 0.6) is 0 Å². The Morgan fingerprint density at radius 3 is 0.943 bits per heavy atom. The molecule has 0 N–H and O–H groups in total. The van der Waals surface area contributed by atoms with Crippen molar-refractivity contribution in [2.75, 3.05) is 6.61 Å². The molecule has 0 fully saturated rings. The summed E-state index contributed by atoms with van der Waals surface area (Å²) in [6, 6.07) is 77.9. The Bertz CT molecular complexity index is 3850. The lowest BCUT2D eigenvalue weighted by atomic mass is 9.63. The van der Waals surface area contributed by atoms with Gasteiger partial charge in [-0.25, -0.2) is 0 Å². The van der Waals surface area contributed by atoms with Crippen molar-refractivity contribution in [3.05, 3.63) is 300 Å². The van der Waals surface area contributed by atoms with Gasteiger partial charge in [-0.3, -0.25) is 24.0 Å². The van der Waals surface area contributed by atoms with Crippen molar-refractivity contribution in [3.8, 4) is 11.1 Å². The van der Waals surface area contributed by atoms with E-state index in [4.69, 9.17) is 18.9 Å². The van der Waals surface area contributed by atoms with Crippen molar-refractivity contribution in [1.82, 2.24) is 0 Å². The van der Waals surface area contributed by atoms with E-state index in [9.17, 15) is 24.0 Å². The Balaban J connectivity index is -0.00000132. The number of carbonyl (C=O) groups excluding carboxylic acids is 5. The van der Waals surface area contributed by atoms with Gasteiger partial charge < -0.3 is 18.9 Å². The van der Waals surface area contributed by atoms with Gasteiger partial charge in [-0.15, -0.1) is 6.58 Å². The maximum Gasteiger partial charge on any atom is 0.309 e. The number of hydrogen-bond donors (Lipinski definition) is 0. The summed E-state index contributed by atoms with van der Waals surface area (Å²) in [7, 11) is 0. The molecule has 1 aliphatic rings. The van der Waals surface area contributed by atoms with Gasteiger partial charge in [-0.05, 0) is 152 Å². The summed E-state index contributed by atoms with van der Waals surface area (Å²) >= 11 is 0. The van der Waals surface area contributed by atoms with Crippen molar-refractivity contribution < 1.29 is 42.9 Å². The number of benzene rings is 8. The van der Waals surface area contributed by atoms with Crippen molar-refractivity contribution in [1.29, 1.82) is 0 Å². The van der Waals surface area contributed by atoms with Crippen LogP contribution in [0.1, 0.15) is 304 Å². The molecule has 8 aromatic rings. The van der Waals surface area contributed by atoms with E-state index < -0.39 is 0 Å². The van der Waals surface area contributed by atoms with Gasteiger partial charge >= 0.3 is 23.9 Å². The van der Waals surface area contributed by atoms with Gasteiger partial charge in [-0.1, -0.05) is 456 Å². The highest BCUT2D eigenvalue weighted by molar-refractivity contribution is 5.81. The van der Waals surface area contributed by atoms with Crippen LogP contribution in [0.15, 0.2) is 250 Å². The maximum atomic E-state index is 11.9. The summed E-state index contributed by atoms with van der Waals surface area (Å²) in [6.45, 7) is 78.0. The van der Waals surface area contributed by atoms with E-state index in [1.165, 1.54) is 70.2 Å². The second kappa shape index (κ2) is 66.3. The number of esters is 4. The summed E-state index contributed by atoms with van der Waals surface area (Å²) in [5.41, 5.74) is 13.8. The average Bonchev–Trinajstić information content (AvgIpc) is 1.74. The molecule has 0 aliphatic heterocycles. The average molecular weight is 1690 g/mol. The highest BCUT2D eigenvalue weighted by Crippen LogP contribution is 2.46. The van der Waals surface area contributed by atoms with Crippen molar-refractivity contribution in [2.24, 2.45) is 76.4 Å². The summed E-state index contributed by atoms with van der Waals surface area (Å²) in [4.78, 5) is 54.7. The van der Waals surface area contributed by atoms with Gasteiger partial charge in [0.15, 0.2) is 6.10 Å². The van der Waals surface area contributed by atoms with E-state index in [0.29, 0.717) is 24.5 Å². The van der Waals surface area contributed by atoms with Crippen LogP contribution in [0, 0.1) is 83.4 Å². The number of Topliss-reactive ketones (excluding diaryl/α,β-unsaturated/α-hetero) is 1. The van der Waals surface area contributed by atoms with Gasteiger partial charge in [0.1, 0.15) is 24.6 Å². The number of rotatable bonds is 22. The molecule has 9 nitrogen and oxygen atoms in total. The molecule has 0 saturated heterocycles. The normalized spacial score (nSPS) is 11.0. The molecule has 0 radical (unpaired) electrons. The first-order chi connectivity index (χ1) is 57.5. The quantitative estimate of drug-likeness (QED) is 0.0282. The maximum absolute atomic E-state index is 11.9. The predicted molar refractivity (Wildman–Crippen MR) is 531 cm³/mol. The van der Waals surface area contributed by atoms with E-state index in [1.807, 2.05) is 149 Å². The fourth-order valence-electron chi connectivity index (χ4n) is 10.4. The lowest BCUT2D eigenvalue weighted by molar-refractivity contribution is -0.158. The first-order valence-electron chi connectivity index (χ1n) is 45.4. The molecule has 123 heavy (non-hydrogen) atoms. The number of fused-ring (bicyclic) bond motifs is 3. The molecular formula is C114H172O9. The van der Waals surface area contributed by atoms with E-state index in [1.54, 1.807) is 26.8 Å². The van der Waals surface area contributed by atoms with E-state index in [0.717, 1.165) is 58.6 Å². The second-order valence-electron chi connectivity index (χ2n) is 38.0. The number of hydrogen-bond acceptors (Lipinski definition) is 9. The van der Waals surface area contributed by atoms with E-state index in [2.05, 4.69) is 309 Å². The third kappa shape index (κ3) is 56.3. The van der Waals surface area contributed by atoms with E-state index in [-0.39, 0.29) is 76.4 Å². The smallest absolute Gasteiger partial charge is 0.309 e. The predicted octanol–water partition coefficient (Wildman–Crippen LogP) is 31.7. The number of carbonyl (C=O) groups is 5. The lowest BCUT2D eigenvalue weighted by Gasteiger charge is -2.39. The molecule has 1 aliphatic carbocycles. The molecule has 0 spiro atoms. The van der Waals surface area contributed by atoms with Crippen LogP contribution in [0.3, 0.4) is 0 Å². The van der Waals surface area contributed by atoms with Crippen LogP contribution in [-0.4, -0.2) is 41.9 Å². The molecule has 0 bridgehead atoms. The summed E-state index contributed by atoms with van der Waals surface area (Å²) in [6.07, 6.45) is 9.41. The minimum absolute atomic E-state index is 0.0285. The Morgan fingerprint density at radius 2 is 0.683 bits per heavy atom. The number of ketones is 1. The molecule has 9 rings (SSSR count). The summed E-state index contributed by atoms with van der Waals surface area (Å²) in [5.74, 6) is 4.95. The third-order valence-corrected chi connectivity index (χ3v) is 19.0. The largest absolute Gasteiger partial charge is 0.461 e. The zero-order valence-electron chi connectivity index (χ0n) is 83.6. The summed E-state index contributed by atoms with van der Waals surface area (Å²) < 4.78 is 20.5. The van der Waals surface area contributed by atoms with Crippen molar-refractivity contribution in [2.45, 2.75) is 291 Å². The molecular weight excluding hydrogens is 1510 g/mol. The van der Waals surface area contributed by atoms with Gasteiger partial charge in [0.25, 0.3) is 0 Å². The van der Waals surface area contributed by atoms with Crippen LogP contribution in [0.4, 0.5) is 0 Å². The van der Waals surface area contributed by atoms with Crippen LogP contribution >= 0.6 is 0 Å². The van der Waals surface area contributed by atoms with Crippen LogP contribution in [-0.2, 0) is 67.8 Å². The van der Waals surface area contributed by atoms with Crippen LogP contribution < -0.4 is 0 Å². The van der Waals surface area contributed by atoms with Gasteiger partial charge in [0, 0.05) is 22.5 Å². The lowest BCUT2D eigenvalue weighted by Crippen LogP contribution is -2.35. The van der Waals surface area contributed by atoms with Gasteiger partial charge in [0.2, 0.25) is 0 Å². The number of allylic oxidation sites excluding steroid dienone is 1. The number of aryl methyl sites for hydroxylation is 1. The molecule has 682 valence electrons. The molecule has 0 atom stereocenters. The van der Waals surface area contributed by atoms with Gasteiger partial charge in [-0.2, -0.15) is 0 Å². The Labute approximate surface area is 753 Å². The number of ether oxygens (including phenoxy) is 4. The Morgan fingerprint density at radius 1 is 0.374 bits per heavy atom. The zero-order chi connectivity index (χ0) is 94.6. The zero-order valence-corrected chi connectivity index (χ0v) is 83.6. The Hall–Kier alpha value is -9.21. The van der Waals surface area contributed by atoms with Crippen molar-refractivity contribution >= 4 is 29.7 Å². The molecule has 0 saturated carbocycles. The standard InChI is InChI=1S/C22H22.C17H16O2.C11H14O2.C11H16.C10H14.C8H16O2.C7H12O2.C7H16.C7H14.C5H10O.C5H12.C4H10/c1-18(2)22(19-12-6-3-7-13-19,20-14-8-4-9-15-20)21-16-10-5-11-17-21;1-11(2)17(18)19-16-14-9-5-3-7-12(14)13-8-4-6-10-15(13)16;1-9(2)11(12)13-8-10-6-4-3-5-7-10;1-9(2)8-11-6-4-10(3)5-7-11;1-9(2)8-10-6-4-3-5-7-10;1-6(2)7(9)10-8(3,4)5;1-4-5-9-7(8)6(2)3;1-6(2)7(3,4)5;1-4-5-6-7(2)3;1-4(2)5(3)6;1-4-5(2)3;1-4(2)3/h3-18H,1-2H3;3-11,16H,1-2H3;3-7,9H,8H2,1-2H3;4-7,9H,8H2,1-3H3;3-7,9H,8H2,1-2H3;6H,1-5H3;4,6H,1,5H2,2-3H3;6H,1-5H3;4,7H,1,5-6H2,2-3H3;4H,1-3H3;5H,4H2,1-3H3;4H,1-3H3. The highest BCUT2D eigenvalue weighted by Gasteiger charge is 2.39. The molecule has 8 aromatic carbocycles. The Kier molecular flexibility index (Phi) is 63.6. The molecule has 9 heteroatoms. The van der Waals surface area contributed by atoms with Crippen molar-refractivity contribution in [3.63, 3.8) is 0 Å². The fraction of sp³-hybridized carbons (Fsp3) is 0.500. The van der Waals surface area contributed by atoms with Crippen LogP contribution in [0.25, 0.3) is 11.1 Å². The molecule has 0 heterocycles. The topological polar surface area (TPSA) is 122 Å². The molecule has 0 aromatic heterocycles. The molecule has 0 amide bonds.